The van der Waals surface area contributed by atoms with Crippen LogP contribution in [0.5, 0.6) is 0 Å². The van der Waals surface area contributed by atoms with Gasteiger partial charge in [-0.2, -0.15) is 0 Å². The number of nitrogens with one attached hydrogen (secondary N) is 2. The third-order valence-electron chi connectivity index (χ3n) is 5.46. The number of aromatic nitrogens is 2. The minimum Gasteiger partial charge on any atom is -0.396 e. The van der Waals surface area contributed by atoms with E-state index in [0.717, 1.165) is 6.42 Å². The Labute approximate surface area is 164 Å². The van der Waals surface area contributed by atoms with Gasteiger partial charge >= 0.3 is 0 Å². The summed E-state index contributed by atoms with van der Waals surface area (Å²) in [6.45, 7) is 5.01. The summed E-state index contributed by atoms with van der Waals surface area (Å²) in [6, 6.07) is -0.329. The molecule has 3 N–H and O–H groups in total. The first-order valence-corrected chi connectivity index (χ1v) is 9.90. The van der Waals surface area contributed by atoms with Crippen molar-refractivity contribution in [3.63, 3.8) is 0 Å². The first-order valence-electron chi connectivity index (χ1n) is 9.90. The van der Waals surface area contributed by atoms with Gasteiger partial charge in [-0.25, -0.2) is 4.98 Å². The van der Waals surface area contributed by atoms with Gasteiger partial charge in [-0.15, -0.1) is 0 Å². The number of nitrogens with zero attached hydrogens (tertiary/aromatic N) is 3. The van der Waals surface area contributed by atoms with E-state index in [9.17, 15) is 14.4 Å². The molecule has 2 aliphatic rings. The fraction of sp³-hybridized carbons (Fsp3) is 0.684. The maximum absolute atomic E-state index is 12.9. The van der Waals surface area contributed by atoms with Crippen molar-refractivity contribution in [2.24, 2.45) is 11.8 Å². The van der Waals surface area contributed by atoms with E-state index in [0.29, 0.717) is 31.8 Å². The van der Waals surface area contributed by atoms with Crippen LogP contribution in [0, 0.1) is 11.8 Å². The average molecular weight is 391 g/mol. The maximum atomic E-state index is 12.9. The molecule has 2 aliphatic heterocycles. The normalized spacial score (nSPS) is 24.6. The van der Waals surface area contributed by atoms with E-state index >= 15 is 0 Å². The molecule has 0 saturated carbocycles. The van der Waals surface area contributed by atoms with Crippen LogP contribution in [0.15, 0.2) is 12.4 Å². The zero-order valence-electron chi connectivity index (χ0n) is 16.4. The molecule has 0 radical (unpaired) electrons. The number of aliphatic hydroxyl groups excluding tert-OH is 1. The van der Waals surface area contributed by atoms with Crippen LogP contribution in [0.4, 0.5) is 0 Å². The Morgan fingerprint density at radius 1 is 1.43 bits per heavy atom. The van der Waals surface area contributed by atoms with Crippen molar-refractivity contribution in [2.75, 3.05) is 26.2 Å². The van der Waals surface area contributed by atoms with Gasteiger partial charge in [0.15, 0.2) is 5.82 Å². The topological polar surface area (TPSA) is 119 Å². The zero-order chi connectivity index (χ0) is 20.3. The maximum Gasteiger partial charge on any atom is 0.290 e. The van der Waals surface area contributed by atoms with Crippen LogP contribution in [0.3, 0.4) is 0 Å². The molecule has 1 aromatic rings. The number of carbonyl (C=O) groups is 3. The van der Waals surface area contributed by atoms with Crippen molar-refractivity contribution in [2.45, 2.75) is 45.2 Å². The molecule has 2 saturated heterocycles. The van der Waals surface area contributed by atoms with Crippen molar-refractivity contribution in [1.29, 1.82) is 0 Å². The number of hydrogen-bond acceptors (Lipinski definition) is 5. The number of aromatic amines is 1. The summed E-state index contributed by atoms with van der Waals surface area (Å²) in [5, 5.41) is 11.8. The Kier molecular flexibility index (Phi) is 6.33. The molecule has 3 amide bonds. The summed E-state index contributed by atoms with van der Waals surface area (Å²) in [4.78, 5) is 48.4. The fourth-order valence-electron chi connectivity index (χ4n) is 4.29. The van der Waals surface area contributed by atoms with E-state index in [1.165, 1.54) is 11.1 Å². The number of carbonyl (C=O) groups excluding carboxylic acids is 3. The third-order valence-corrected chi connectivity index (χ3v) is 5.46. The van der Waals surface area contributed by atoms with Gasteiger partial charge in [0.05, 0.1) is 12.0 Å². The van der Waals surface area contributed by atoms with Gasteiger partial charge in [-0.05, 0) is 25.2 Å². The van der Waals surface area contributed by atoms with Gasteiger partial charge in [0.2, 0.25) is 11.8 Å². The molecule has 3 rings (SSSR count). The Balaban J connectivity index is 1.75. The highest BCUT2D eigenvalue weighted by molar-refractivity contribution is 5.95. The third kappa shape index (κ3) is 4.19. The Morgan fingerprint density at radius 3 is 2.86 bits per heavy atom. The van der Waals surface area contributed by atoms with Crippen LogP contribution in [0.2, 0.25) is 0 Å². The standard InChI is InChI=1S/C19H29N5O4/c1-12(2)8-15-14(18(27)22-4-3-7-25)9-13-10-23(11-16(26)24(13)15)19(28)17-20-5-6-21-17/h5-6,12-15,25H,3-4,7-11H2,1-2H3,(H,20,21)(H,22,27)/t13-,14-,15-/m0/s1. The molecule has 3 heterocycles. The summed E-state index contributed by atoms with van der Waals surface area (Å²) in [5.74, 6) is -0.232. The zero-order valence-corrected chi connectivity index (χ0v) is 16.4. The van der Waals surface area contributed by atoms with Crippen molar-refractivity contribution >= 4 is 17.7 Å². The summed E-state index contributed by atoms with van der Waals surface area (Å²) in [6.07, 6.45) is 4.87. The molecule has 3 atom stereocenters. The van der Waals surface area contributed by atoms with Crippen molar-refractivity contribution in [3.8, 4) is 0 Å². The molecule has 2 fully saturated rings. The number of fused-ring (bicyclic) bond motifs is 1. The van der Waals surface area contributed by atoms with Crippen LogP contribution in [-0.2, 0) is 9.59 Å². The summed E-state index contributed by atoms with van der Waals surface area (Å²) >= 11 is 0. The van der Waals surface area contributed by atoms with Crippen LogP contribution in [0.1, 0.15) is 43.7 Å². The largest absolute Gasteiger partial charge is 0.396 e. The summed E-state index contributed by atoms with van der Waals surface area (Å²) in [7, 11) is 0. The highest BCUT2D eigenvalue weighted by Gasteiger charge is 2.50. The molecule has 0 unspecified atom stereocenters. The predicted octanol–water partition coefficient (Wildman–Crippen LogP) is -0.00410. The van der Waals surface area contributed by atoms with Crippen LogP contribution < -0.4 is 5.32 Å². The van der Waals surface area contributed by atoms with E-state index < -0.39 is 0 Å². The Hall–Kier alpha value is -2.42. The molecular weight excluding hydrogens is 362 g/mol. The molecule has 0 bridgehead atoms. The smallest absolute Gasteiger partial charge is 0.290 e. The molecule has 28 heavy (non-hydrogen) atoms. The van der Waals surface area contributed by atoms with Gasteiger partial charge in [-0.1, -0.05) is 13.8 Å². The lowest BCUT2D eigenvalue weighted by molar-refractivity contribution is -0.140. The number of H-pyrrole nitrogens is 1. The Bertz CT molecular complexity index is 705. The molecule has 0 aromatic carbocycles. The summed E-state index contributed by atoms with van der Waals surface area (Å²) < 4.78 is 0. The fourth-order valence-corrected chi connectivity index (χ4v) is 4.29. The minimum absolute atomic E-state index is 0.00345. The van der Waals surface area contributed by atoms with E-state index in [1.54, 1.807) is 6.20 Å². The van der Waals surface area contributed by atoms with Crippen LogP contribution in [-0.4, -0.2) is 80.9 Å². The van der Waals surface area contributed by atoms with Crippen LogP contribution >= 0.6 is 0 Å². The van der Waals surface area contributed by atoms with Crippen LogP contribution in [0.25, 0.3) is 0 Å². The molecule has 9 nitrogen and oxygen atoms in total. The lowest BCUT2D eigenvalue weighted by Crippen LogP contribution is -2.58. The van der Waals surface area contributed by atoms with Gasteiger partial charge in [0.1, 0.15) is 6.54 Å². The molecule has 1 aromatic heterocycles. The monoisotopic (exact) mass is 391 g/mol. The lowest BCUT2D eigenvalue weighted by atomic mass is 9.91. The number of rotatable bonds is 7. The SMILES string of the molecule is CC(C)C[C@H]1[C@@H](C(=O)NCCCO)C[C@H]2CN(C(=O)c3ncc[nH]3)CC(=O)N21. The second kappa shape index (κ2) is 8.72. The number of amides is 3. The molecule has 0 aliphatic carbocycles. The van der Waals surface area contributed by atoms with Gasteiger partial charge in [0.25, 0.3) is 5.91 Å². The number of piperazine rings is 1. The van der Waals surface area contributed by atoms with E-state index in [-0.39, 0.29) is 54.7 Å². The van der Waals surface area contributed by atoms with Gasteiger partial charge < -0.3 is 25.2 Å². The second-order valence-corrected chi connectivity index (χ2v) is 7.99. The number of aliphatic hydroxyl groups is 1. The minimum atomic E-state index is -0.297. The highest BCUT2D eigenvalue weighted by Crippen LogP contribution is 2.36. The van der Waals surface area contributed by atoms with E-state index in [4.69, 9.17) is 5.11 Å². The summed E-state index contributed by atoms with van der Waals surface area (Å²) in [5.41, 5.74) is 0. The first-order chi connectivity index (χ1) is 13.4. The second-order valence-electron chi connectivity index (χ2n) is 7.99. The number of hydrogen-bond donors (Lipinski definition) is 3. The Morgan fingerprint density at radius 2 is 2.21 bits per heavy atom. The quantitative estimate of drug-likeness (QED) is 0.565. The highest BCUT2D eigenvalue weighted by atomic mass is 16.3. The molecular formula is C19H29N5O4. The van der Waals surface area contributed by atoms with E-state index in [1.807, 2.05) is 4.90 Å². The van der Waals surface area contributed by atoms with Crippen molar-refractivity contribution in [1.82, 2.24) is 25.1 Å². The van der Waals surface area contributed by atoms with E-state index in [2.05, 4.69) is 29.1 Å². The molecule has 154 valence electrons. The van der Waals surface area contributed by atoms with Crippen molar-refractivity contribution < 1.29 is 19.5 Å². The first kappa shape index (κ1) is 20.3. The molecule has 9 heteroatoms. The number of imidazole rings is 1. The molecule has 0 spiro atoms. The van der Waals surface area contributed by atoms with Gasteiger partial charge in [0, 0.05) is 38.1 Å². The van der Waals surface area contributed by atoms with Crippen molar-refractivity contribution in [3.05, 3.63) is 18.2 Å². The average Bonchev–Trinajstić information content (AvgIpc) is 3.29. The predicted molar refractivity (Wildman–Crippen MR) is 101 cm³/mol. The van der Waals surface area contributed by atoms with Gasteiger partial charge in [-0.3, -0.25) is 14.4 Å². The lowest BCUT2D eigenvalue weighted by Gasteiger charge is -2.40.